The van der Waals surface area contributed by atoms with Crippen molar-refractivity contribution in [3.8, 4) is 5.75 Å². The third kappa shape index (κ3) is 2.60. The van der Waals surface area contributed by atoms with E-state index in [-0.39, 0.29) is 5.91 Å². The molecule has 0 spiro atoms. The van der Waals surface area contributed by atoms with Crippen molar-refractivity contribution in [2.75, 3.05) is 6.61 Å². The van der Waals surface area contributed by atoms with Crippen molar-refractivity contribution in [1.82, 2.24) is 5.32 Å². The van der Waals surface area contributed by atoms with Crippen molar-refractivity contribution in [3.63, 3.8) is 0 Å². The Hall–Kier alpha value is -2.04. The van der Waals surface area contributed by atoms with Crippen LogP contribution in [0.4, 0.5) is 0 Å². The molecule has 1 aliphatic heterocycles. The van der Waals surface area contributed by atoms with Gasteiger partial charge < -0.3 is 15.2 Å². The number of amides is 1. The van der Waals surface area contributed by atoms with E-state index in [9.17, 15) is 14.7 Å². The van der Waals surface area contributed by atoms with Gasteiger partial charge in [-0.25, -0.2) is 4.79 Å². The van der Waals surface area contributed by atoms with Crippen LogP contribution in [0, 0.1) is 0 Å². The van der Waals surface area contributed by atoms with Gasteiger partial charge in [0.1, 0.15) is 11.3 Å². The number of aliphatic carboxylic acids is 1. The molecule has 0 aromatic heterocycles. The molecule has 112 valence electrons. The van der Waals surface area contributed by atoms with Crippen LogP contribution in [0.5, 0.6) is 5.75 Å². The van der Waals surface area contributed by atoms with E-state index in [1.165, 1.54) is 0 Å². The van der Waals surface area contributed by atoms with Gasteiger partial charge >= 0.3 is 5.97 Å². The Bertz CT molecular complexity index is 576. The summed E-state index contributed by atoms with van der Waals surface area (Å²) in [6.07, 6.45) is 4.50. The van der Waals surface area contributed by atoms with Crippen molar-refractivity contribution in [1.29, 1.82) is 0 Å². The molecular formula is C16H19NO4. The normalized spacial score (nSPS) is 19.4. The van der Waals surface area contributed by atoms with E-state index in [0.29, 0.717) is 25.0 Å². The number of rotatable bonds is 3. The Morgan fingerprint density at radius 1 is 1.19 bits per heavy atom. The van der Waals surface area contributed by atoms with Gasteiger partial charge in [-0.15, -0.1) is 0 Å². The van der Waals surface area contributed by atoms with Gasteiger partial charge in [-0.1, -0.05) is 19.3 Å². The summed E-state index contributed by atoms with van der Waals surface area (Å²) in [4.78, 5) is 24.0. The zero-order chi connectivity index (χ0) is 14.9. The minimum absolute atomic E-state index is 0.311. The van der Waals surface area contributed by atoms with Crippen molar-refractivity contribution in [2.45, 2.75) is 44.1 Å². The Balaban J connectivity index is 1.80. The minimum atomic E-state index is -1.11. The maximum absolute atomic E-state index is 12.4. The average Bonchev–Trinajstić information content (AvgIpc) is 2.95. The van der Waals surface area contributed by atoms with Crippen LogP contribution in [0.2, 0.25) is 0 Å². The molecule has 21 heavy (non-hydrogen) atoms. The third-order valence-corrected chi connectivity index (χ3v) is 4.42. The summed E-state index contributed by atoms with van der Waals surface area (Å²) in [5.41, 5.74) is 0.409. The lowest BCUT2D eigenvalue weighted by Gasteiger charge is -2.34. The number of ether oxygens (including phenoxy) is 1. The van der Waals surface area contributed by atoms with E-state index in [0.717, 1.165) is 37.0 Å². The monoisotopic (exact) mass is 289 g/mol. The molecule has 2 aliphatic rings. The lowest BCUT2D eigenvalue weighted by Crippen LogP contribution is -2.55. The van der Waals surface area contributed by atoms with E-state index in [1.54, 1.807) is 18.2 Å². The van der Waals surface area contributed by atoms with E-state index in [2.05, 4.69) is 5.32 Å². The SMILES string of the molecule is O=C(NC1(C(=O)O)CCCCC1)c1ccc2c(c1)CCO2. The highest BCUT2D eigenvalue weighted by atomic mass is 16.5. The largest absolute Gasteiger partial charge is 0.493 e. The van der Waals surface area contributed by atoms with Gasteiger partial charge in [0.2, 0.25) is 0 Å². The van der Waals surface area contributed by atoms with Gasteiger partial charge in [0, 0.05) is 12.0 Å². The molecule has 5 heteroatoms. The number of carboxylic acid groups (broad SMARTS) is 1. The summed E-state index contributed by atoms with van der Waals surface area (Å²) < 4.78 is 5.42. The first-order valence-corrected chi connectivity index (χ1v) is 7.42. The summed E-state index contributed by atoms with van der Waals surface area (Å²) in [7, 11) is 0. The molecule has 0 unspecified atom stereocenters. The van der Waals surface area contributed by atoms with Gasteiger partial charge in [0.05, 0.1) is 6.61 Å². The van der Waals surface area contributed by atoms with Crippen LogP contribution < -0.4 is 10.1 Å². The first kappa shape index (κ1) is 13.9. The second-order valence-corrected chi connectivity index (χ2v) is 5.82. The van der Waals surface area contributed by atoms with Crippen LogP contribution in [-0.2, 0) is 11.2 Å². The molecule has 3 rings (SSSR count). The van der Waals surface area contributed by atoms with Gasteiger partial charge in [0.15, 0.2) is 0 Å². The maximum atomic E-state index is 12.4. The number of carbonyl (C=O) groups excluding carboxylic acids is 1. The summed E-state index contributed by atoms with van der Waals surface area (Å²) in [6, 6.07) is 5.28. The van der Waals surface area contributed by atoms with Crippen molar-refractivity contribution >= 4 is 11.9 Å². The summed E-state index contributed by atoms with van der Waals surface area (Å²) >= 11 is 0. The topological polar surface area (TPSA) is 75.6 Å². The van der Waals surface area contributed by atoms with E-state index >= 15 is 0 Å². The molecule has 0 radical (unpaired) electrons. The van der Waals surface area contributed by atoms with Gasteiger partial charge in [-0.05, 0) is 36.6 Å². The molecule has 2 N–H and O–H groups in total. The van der Waals surface area contributed by atoms with E-state index in [4.69, 9.17) is 4.74 Å². The Morgan fingerprint density at radius 3 is 2.67 bits per heavy atom. The van der Waals surface area contributed by atoms with Crippen LogP contribution in [0.15, 0.2) is 18.2 Å². The van der Waals surface area contributed by atoms with Crippen LogP contribution in [0.25, 0.3) is 0 Å². The minimum Gasteiger partial charge on any atom is -0.493 e. The van der Waals surface area contributed by atoms with Crippen LogP contribution >= 0.6 is 0 Å². The second kappa shape index (κ2) is 5.39. The maximum Gasteiger partial charge on any atom is 0.329 e. The Labute approximate surface area is 123 Å². The predicted molar refractivity (Wildman–Crippen MR) is 76.6 cm³/mol. The number of fused-ring (bicyclic) bond motifs is 1. The zero-order valence-corrected chi connectivity index (χ0v) is 11.9. The fourth-order valence-electron chi connectivity index (χ4n) is 3.16. The molecule has 0 bridgehead atoms. The molecule has 0 saturated heterocycles. The van der Waals surface area contributed by atoms with Gasteiger partial charge in [0.25, 0.3) is 5.91 Å². The molecule has 1 aromatic carbocycles. The molecule has 1 saturated carbocycles. The third-order valence-electron chi connectivity index (χ3n) is 4.42. The van der Waals surface area contributed by atoms with Crippen molar-refractivity contribution in [2.24, 2.45) is 0 Å². The molecule has 1 amide bonds. The second-order valence-electron chi connectivity index (χ2n) is 5.82. The predicted octanol–water partition coefficient (Wildman–Crippen LogP) is 2.14. The zero-order valence-electron chi connectivity index (χ0n) is 11.9. The van der Waals surface area contributed by atoms with E-state index < -0.39 is 11.5 Å². The molecule has 1 aromatic rings. The van der Waals surface area contributed by atoms with Crippen LogP contribution in [0.3, 0.4) is 0 Å². The first-order valence-electron chi connectivity index (χ1n) is 7.42. The number of benzene rings is 1. The standard InChI is InChI=1S/C16H19NO4/c18-14(12-4-5-13-11(10-12)6-9-21-13)17-16(15(19)20)7-2-1-3-8-16/h4-5,10H,1-3,6-9H2,(H,17,18)(H,19,20). The lowest BCUT2D eigenvalue weighted by molar-refractivity contribution is -0.145. The highest BCUT2D eigenvalue weighted by Crippen LogP contribution is 2.30. The Morgan fingerprint density at radius 2 is 1.95 bits per heavy atom. The summed E-state index contributed by atoms with van der Waals surface area (Å²) in [5, 5.41) is 12.3. The molecule has 0 atom stereocenters. The summed E-state index contributed by atoms with van der Waals surface area (Å²) in [6.45, 7) is 0.638. The quantitative estimate of drug-likeness (QED) is 0.894. The smallest absolute Gasteiger partial charge is 0.329 e. The van der Waals surface area contributed by atoms with Gasteiger partial charge in [-0.3, -0.25) is 4.79 Å². The average molecular weight is 289 g/mol. The number of carbonyl (C=O) groups is 2. The molecular weight excluding hydrogens is 270 g/mol. The fourth-order valence-corrected chi connectivity index (χ4v) is 3.16. The number of nitrogens with one attached hydrogen (secondary N) is 1. The van der Waals surface area contributed by atoms with Crippen LogP contribution in [-0.4, -0.2) is 29.1 Å². The molecule has 1 heterocycles. The summed E-state index contributed by atoms with van der Waals surface area (Å²) in [5.74, 6) is -0.425. The highest BCUT2D eigenvalue weighted by molar-refractivity contribution is 5.98. The number of hydrogen-bond acceptors (Lipinski definition) is 3. The highest BCUT2D eigenvalue weighted by Gasteiger charge is 2.41. The number of carboxylic acids is 1. The molecule has 1 fully saturated rings. The van der Waals surface area contributed by atoms with Crippen molar-refractivity contribution in [3.05, 3.63) is 29.3 Å². The molecule has 1 aliphatic carbocycles. The van der Waals surface area contributed by atoms with Gasteiger partial charge in [-0.2, -0.15) is 0 Å². The van der Waals surface area contributed by atoms with E-state index in [1.807, 2.05) is 0 Å². The Kier molecular flexibility index (Phi) is 3.57. The first-order chi connectivity index (χ1) is 10.1. The van der Waals surface area contributed by atoms with Crippen molar-refractivity contribution < 1.29 is 19.4 Å². The van der Waals surface area contributed by atoms with Crippen LogP contribution in [0.1, 0.15) is 48.0 Å². The lowest BCUT2D eigenvalue weighted by atomic mass is 9.81. The fraction of sp³-hybridized carbons (Fsp3) is 0.500. The number of hydrogen-bond donors (Lipinski definition) is 2. The molecule has 5 nitrogen and oxygen atoms in total.